The average Bonchev–Trinajstić information content (AvgIpc) is 2.87. The van der Waals surface area contributed by atoms with Crippen LogP contribution in [0.3, 0.4) is 0 Å². The van der Waals surface area contributed by atoms with Gasteiger partial charge in [0.2, 0.25) is 5.91 Å². The highest BCUT2D eigenvalue weighted by Crippen LogP contribution is 2.26. The molecule has 6 nitrogen and oxygen atoms in total. The summed E-state index contributed by atoms with van der Waals surface area (Å²) in [5, 5.41) is 2.91. The Labute approximate surface area is 139 Å². The molecule has 0 spiro atoms. The molecule has 0 saturated carbocycles. The molecule has 1 aromatic carbocycles. The highest BCUT2D eigenvalue weighted by atomic mass is 32.2. The number of amides is 2. The van der Waals surface area contributed by atoms with Crippen LogP contribution in [0.2, 0.25) is 0 Å². The Morgan fingerprint density at radius 2 is 1.91 bits per heavy atom. The summed E-state index contributed by atoms with van der Waals surface area (Å²) < 4.78 is 0. The lowest BCUT2D eigenvalue weighted by molar-refractivity contribution is -0.117. The first kappa shape index (κ1) is 15.6. The third-order valence-corrected chi connectivity index (χ3v) is 4.53. The smallest absolute Gasteiger partial charge is 0.287 e. The maximum atomic E-state index is 11.9. The maximum absolute atomic E-state index is 11.9. The van der Waals surface area contributed by atoms with Gasteiger partial charge in [-0.1, -0.05) is 18.2 Å². The van der Waals surface area contributed by atoms with Crippen LogP contribution in [0.4, 0.5) is 5.69 Å². The Balaban J connectivity index is 1.57. The minimum absolute atomic E-state index is 0.221. The minimum atomic E-state index is -0.288. The van der Waals surface area contributed by atoms with Crippen molar-refractivity contribution < 1.29 is 9.59 Å². The summed E-state index contributed by atoms with van der Waals surface area (Å²) in [4.78, 5) is 31.7. The molecule has 120 valence electrons. The molecule has 3 rings (SSSR count). The molecule has 0 bridgehead atoms. The van der Waals surface area contributed by atoms with Crippen molar-refractivity contribution in [3.63, 3.8) is 0 Å². The molecule has 23 heavy (non-hydrogen) atoms. The summed E-state index contributed by atoms with van der Waals surface area (Å²) in [5.74, 6) is -0.508. The van der Waals surface area contributed by atoms with E-state index in [0.29, 0.717) is 10.1 Å². The average molecular weight is 330 g/mol. The molecule has 2 aliphatic heterocycles. The van der Waals surface area contributed by atoms with E-state index in [1.807, 2.05) is 24.4 Å². The van der Waals surface area contributed by atoms with Crippen molar-refractivity contribution in [2.75, 3.05) is 31.1 Å². The van der Waals surface area contributed by atoms with Gasteiger partial charge in [0.15, 0.2) is 5.17 Å². The van der Waals surface area contributed by atoms with E-state index in [9.17, 15) is 9.59 Å². The zero-order valence-electron chi connectivity index (χ0n) is 12.9. The summed E-state index contributed by atoms with van der Waals surface area (Å²) in [6.45, 7) is 4.92. The lowest BCUT2D eigenvalue weighted by Gasteiger charge is -2.35. The molecule has 0 unspecified atom stereocenters. The number of nitrogens with one attached hydrogen (secondary N) is 1. The number of carbonyl (C=O) groups is 2. The number of aliphatic imine (C=N–C) groups is 1. The van der Waals surface area contributed by atoms with E-state index in [2.05, 4.69) is 32.2 Å². The van der Waals surface area contributed by atoms with Gasteiger partial charge in [-0.2, -0.15) is 4.99 Å². The van der Waals surface area contributed by atoms with Crippen molar-refractivity contribution in [3.05, 3.63) is 41.4 Å². The number of benzene rings is 1. The van der Waals surface area contributed by atoms with Crippen LogP contribution in [0.15, 0.2) is 46.4 Å². The molecule has 1 fully saturated rings. The van der Waals surface area contributed by atoms with Gasteiger partial charge < -0.3 is 15.1 Å². The number of hydrogen-bond donors (Lipinski definition) is 1. The monoisotopic (exact) mass is 330 g/mol. The summed E-state index contributed by atoms with van der Waals surface area (Å²) in [6, 6.07) is 10.3. The molecule has 1 N–H and O–H groups in total. The van der Waals surface area contributed by atoms with Gasteiger partial charge in [0.25, 0.3) is 5.91 Å². The topological polar surface area (TPSA) is 65.0 Å². The highest BCUT2D eigenvalue weighted by Gasteiger charge is 2.24. The molecule has 0 radical (unpaired) electrons. The molecular weight excluding hydrogens is 312 g/mol. The molecule has 0 aliphatic carbocycles. The zero-order valence-corrected chi connectivity index (χ0v) is 13.7. The van der Waals surface area contributed by atoms with Gasteiger partial charge in [-0.25, -0.2) is 0 Å². The van der Waals surface area contributed by atoms with E-state index in [1.165, 1.54) is 24.4 Å². The number of hydrogen-bond acceptors (Lipinski definition) is 5. The van der Waals surface area contributed by atoms with Crippen LogP contribution in [0, 0.1) is 0 Å². The van der Waals surface area contributed by atoms with E-state index in [4.69, 9.17) is 0 Å². The largest absolute Gasteiger partial charge is 0.373 e. The van der Waals surface area contributed by atoms with Crippen molar-refractivity contribution in [2.24, 2.45) is 4.99 Å². The minimum Gasteiger partial charge on any atom is -0.373 e. The molecule has 0 atom stereocenters. The fourth-order valence-electron chi connectivity index (χ4n) is 2.52. The normalized spacial score (nSPS) is 20.0. The number of para-hydroxylation sites is 1. The van der Waals surface area contributed by atoms with Gasteiger partial charge >= 0.3 is 0 Å². The maximum Gasteiger partial charge on any atom is 0.287 e. The highest BCUT2D eigenvalue weighted by molar-refractivity contribution is 8.18. The molecular formula is C16H18N4O2S. The Morgan fingerprint density at radius 1 is 1.22 bits per heavy atom. The number of rotatable bonds is 2. The second-order valence-corrected chi connectivity index (χ2v) is 6.39. The summed E-state index contributed by atoms with van der Waals surface area (Å²) in [7, 11) is 0. The van der Waals surface area contributed by atoms with Crippen molar-refractivity contribution >= 4 is 34.4 Å². The van der Waals surface area contributed by atoms with E-state index >= 15 is 0 Å². The standard InChI is InChI=1S/C16H18N4O2S/c1-12(21)17-16-18-15(22)14(23-16)11-19-7-9-20(10-8-19)13-5-3-2-4-6-13/h2-6,11H,7-10H2,1H3,(H,17,18,21,22)/b14-11-. The summed E-state index contributed by atoms with van der Waals surface area (Å²) >= 11 is 1.21. The van der Waals surface area contributed by atoms with E-state index < -0.39 is 0 Å². The van der Waals surface area contributed by atoms with E-state index in [0.717, 1.165) is 26.2 Å². The number of nitrogens with zero attached hydrogens (tertiary/aromatic N) is 3. The first-order chi connectivity index (χ1) is 11.1. The van der Waals surface area contributed by atoms with Crippen LogP contribution in [-0.2, 0) is 9.59 Å². The lowest BCUT2D eigenvalue weighted by Crippen LogP contribution is -2.44. The van der Waals surface area contributed by atoms with Crippen molar-refractivity contribution in [1.29, 1.82) is 0 Å². The predicted octanol–water partition coefficient (Wildman–Crippen LogP) is 1.42. The van der Waals surface area contributed by atoms with Gasteiger partial charge in [-0.05, 0) is 23.9 Å². The lowest BCUT2D eigenvalue weighted by atomic mass is 10.2. The second kappa shape index (κ2) is 6.87. The molecule has 2 amide bonds. The number of amidine groups is 1. The summed E-state index contributed by atoms with van der Waals surface area (Å²) in [5.41, 5.74) is 1.22. The fourth-order valence-corrected chi connectivity index (χ4v) is 3.38. The van der Waals surface area contributed by atoms with Gasteiger partial charge in [0.1, 0.15) is 0 Å². The quantitative estimate of drug-likeness (QED) is 0.831. The van der Waals surface area contributed by atoms with Gasteiger partial charge in [0, 0.05) is 45.0 Å². The van der Waals surface area contributed by atoms with Crippen LogP contribution in [0.5, 0.6) is 0 Å². The fraction of sp³-hybridized carbons (Fsp3) is 0.312. The Hall–Kier alpha value is -2.28. The molecule has 0 aromatic heterocycles. The molecule has 2 heterocycles. The summed E-state index contributed by atoms with van der Waals surface area (Å²) in [6.07, 6.45) is 1.85. The second-order valence-electron chi connectivity index (χ2n) is 5.36. The molecule has 1 aromatic rings. The third kappa shape index (κ3) is 3.92. The first-order valence-corrected chi connectivity index (χ1v) is 8.28. The Bertz CT molecular complexity index is 664. The van der Waals surface area contributed by atoms with E-state index in [1.54, 1.807) is 0 Å². The number of thioether (sulfide) groups is 1. The van der Waals surface area contributed by atoms with E-state index in [-0.39, 0.29) is 11.8 Å². The Kier molecular flexibility index (Phi) is 4.66. The SMILES string of the molecule is CC(=O)NC1=NC(=O)/C(=C/N2CCN(c3ccccc3)CC2)S1. The van der Waals surface area contributed by atoms with Gasteiger partial charge in [-0.3, -0.25) is 9.59 Å². The predicted molar refractivity (Wildman–Crippen MR) is 92.2 cm³/mol. The third-order valence-electron chi connectivity index (χ3n) is 3.64. The number of anilines is 1. The van der Waals surface area contributed by atoms with Crippen LogP contribution >= 0.6 is 11.8 Å². The van der Waals surface area contributed by atoms with Crippen LogP contribution in [0.25, 0.3) is 0 Å². The van der Waals surface area contributed by atoms with Crippen LogP contribution < -0.4 is 10.2 Å². The van der Waals surface area contributed by atoms with Gasteiger partial charge in [-0.15, -0.1) is 0 Å². The molecule has 1 saturated heterocycles. The van der Waals surface area contributed by atoms with Crippen molar-refractivity contribution in [3.8, 4) is 0 Å². The first-order valence-electron chi connectivity index (χ1n) is 7.46. The van der Waals surface area contributed by atoms with Crippen LogP contribution in [-0.4, -0.2) is 48.1 Å². The molecule has 7 heteroatoms. The number of piperazine rings is 1. The van der Waals surface area contributed by atoms with Gasteiger partial charge in [0.05, 0.1) is 4.91 Å². The Morgan fingerprint density at radius 3 is 2.57 bits per heavy atom. The van der Waals surface area contributed by atoms with Crippen molar-refractivity contribution in [2.45, 2.75) is 6.92 Å². The van der Waals surface area contributed by atoms with Crippen LogP contribution in [0.1, 0.15) is 6.92 Å². The number of carbonyl (C=O) groups excluding carboxylic acids is 2. The van der Waals surface area contributed by atoms with Crippen molar-refractivity contribution in [1.82, 2.24) is 10.2 Å². The zero-order chi connectivity index (χ0) is 16.2. The molecule has 2 aliphatic rings.